The molecule has 2 heterocycles. The lowest BCUT2D eigenvalue weighted by atomic mass is 10.1. The number of aromatic nitrogens is 1. The summed E-state index contributed by atoms with van der Waals surface area (Å²) in [6.07, 6.45) is 4.70. The SMILES string of the molecule is CCCNC1COc2cc(OCc3cccnc3)ccc21. The molecule has 21 heavy (non-hydrogen) atoms. The Balaban J connectivity index is 1.64. The Kier molecular flexibility index (Phi) is 4.36. The third-order valence-corrected chi connectivity index (χ3v) is 3.53. The van der Waals surface area contributed by atoms with Gasteiger partial charge in [0.2, 0.25) is 0 Å². The molecule has 0 radical (unpaired) electrons. The first-order valence-electron chi connectivity index (χ1n) is 7.38. The highest BCUT2D eigenvalue weighted by Gasteiger charge is 2.23. The molecule has 1 aliphatic rings. The summed E-state index contributed by atoms with van der Waals surface area (Å²) in [7, 11) is 0. The van der Waals surface area contributed by atoms with Gasteiger partial charge in [-0.3, -0.25) is 4.98 Å². The van der Waals surface area contributed by atoms with E-state index < -0.39 is 0 Å². The van der Waals surface area contributed by atoms with E-state index in [-0.39, 0.29) is 0 Å². The van der Waals surface area contributed by atoms with Crippen LogP contribution in [0.2, 0.25) is 0 Å². The monoisotopic (exact) mass is 284 g/mol. The van der Waals surface area contributed by atoms with Crippen LogP contribution in [0.15, 0.2) is 42.7 Å². The third-order valence-electron chi connectivity index (χ3n) is 3.53. The van der Waals surface area contributed by atoms with E-state index in [1.807, 2.05) is 30.5 Å². The zero-order valence-corrected chi connectivity index (χ0v) is 12.2. The average molecular weight is 284 g/mol. The normalized spacial score (nSPS) is 16.3. The van der Waals surface area contributed by atoms with Crippen LogP contribution in [0, 0.1) is 0 Å². The average Bonchev–Trinajstić information content (AvgIpc) is 2.94. The first kappa shape index (κ1) is 13.9. The van der Waals surface area contributed by atoms with E-state index in [1.54, 1.807) is 6.20 Å². The zero-order chi connectivity index (χ0) is 14.5. The van der Waals surface area contributed by atoms with Crippen LogP contribution < -0.4 is 14.8 Å². The lowest BCUT2D eigenvalue weighted by molar-refractivity contribution is 0.297. The van der Waals surface area contributed by atoms with Gasteiger partial charge < -0.3 is 14.8 Å². The number of pyridine rings is 1. The molecule has 1 atom stereocenters. The molecule has 0 saturated heterocycles. The molecular weight excluding hydrogens is 264 g/mol. The molecule has 0 aliphatic carbocycles. The highest BCUT2D eigenvalue weighted by Crippen LogP contribution is 2.35. The number of benzene rings is 1. The van der Waals surface area contributed by atoms with Crippen molar-refractivity contribution in [3.63, 3.8) is 0 Å². The summed E-state index contributed by atoms with van der Waals surface area (Å²) in [4.78, 5) is 4.08. The van der Waals surface area contributed by atoms with Crippen molar-refractivity contribution in [1.29, 1.82) is 0 Å². The van der Waals surface area contributed by atoms with Gasteiger partial charge in [0.1, 0.15) is 24.7 Å². The van der Waals surface area contributed by atoms with Crippen LogP contribution >= 0.6 is 0 Å². The Bertz CT molecular complexity index is 587. The minimum Gasteiger partial charge on any atom is -0.491 e. The highest BCUT2D eigenvalue weighted by molar-refractivity contribution is 5.45. The van der Waals surface area contributed by atoms with E-state index in [0.29, 0.717) is 19.3 Å². The first-order chi connectivity index (χ1) is 10.4. The van der Waals surface area contributed by atoms with Gasteiger partial charge in [-0.2, -0.15) is 0 Å². The van der Waals surface area contributed by atoms with Crippen molar-refractivity contribution in [2.24, 2.45) is 0 Å². The van der Waals surface area contributed by atoms with E-state index in [2.05, 4.69) is 23.3 Å². The maximum Gasteiger partial charge on any atom is 0.128 e. The van der Waals surface area contributed by atoms with Crippen LogP contribution in [-0.4, -0.2) is 18.1 Å². The first-order valence-corrected chi connectivity index (χ1v) is 7.38. The Labute approximate surface area is 125 Å². The molecule has 0 bridgehead atoms. The van der Waals surface area contributed by atoms with Gasteiger partial charge in [0.15, 0.2) is 0 Å². The van der Waals surface area contributed by atoms with E-state index in [4.69, 9.17) is 9.47 Å². The Morgan fingerprint density at radius 3 is 3.14 bits per heavy atom. The number of hydrogen-bond donors (Lipinski definition) is 1. The summed E-state index contributed by atoms with van der Waals surface area (Å²) >= 11 is 0. The third kappa shape index (κ3) is 3.34. The van der Waals surface area contributed by atoms with Crippen molar-refractivity contribution in [3.05, 3.63) is 53.9 Å². The van der Waals surface area contributed by atoms with Crippen LogP contribution in [0.4, 0.5) is 0 Å². The second kappa shape index (κ2) is 6.59. The minimum absolute atomic E-state index is 0.298. The van der Waals surface area contributed by atoms with Gasteiger partial charge in [0.25, 0.3) is 0 Å². The predicted molar refractivity (Wildman–Crippen MR) is 81.5 cm³/mol. The van der Waals surface area contributed by atoms with Gasteiger partial charge >= 0.3 is 0 Å². The van der Waals surface area contributed by atoms with Gasteiger partial charge in [-0.1, -0.05) is 13.0 Å². The maximum atomic E-state index is 5.79. The Morgan fingerprint density at radius 2 is 2.33 bits per heavy atom. The number of nitrogens with one attached hydrogen (secondary N) is 1. The Morgan fingerprint density at radius 1 is 1.38 bits per heavy atom. The van der Waals surface area contributed by atoms with Gasteiger partial charge in [0, 0.05) is 29.6 Å². The van der Waals surface area contributed by atoms with Crippen LogP contribution in [0.25, 0.3) is 0 Å². The van der Waals surface area contributed by atoms with Crippen LogP contribution in [0.1, 0.15) is 30.5 Å². The summed E-state index contributed by atoms with van der Waals surface area (Å²) in [6.45, 7) is 4.39. The fourth-order valence-corrected chi connectivity index (χ4v) is 2.42. The maximum absolute atomic E-state index is 5.79. The van der Waals surface area contributed by atoms with Crippen molar-refractivity contribution in [3.8, 4) is 11.5 Å². The molecule has 0 spiro atoms. The molecule has 2 aromatic rings. The van der Waals surface area contributed by atoms with E-state index in [0.717, 1.165) is 30.0 Å². The molecule has 1 unspecified atom stereocenters. The highest BCUT2D eigenvalue weighted by atomic mass is 16.5. The Hall–Kier alpha value is -2.07. The second-order valence-electron chi connectivity index (χ2n) is 5.17. The largest absolute Gasteiger partial charge is 0.491 e. The summed E-state index contributed by atoms with van der Waals surface area (Å²) < 4.78 is 11.5. The van der Waals surface area contributed by atoms with Crippen LogP contribution in [0.5, 0.6) is 11.5 Å². The van der Waals surface area contributed by atoms with Gasteiger partial charge in [-0.25, -0.2) is 0 Å². The molecule has 1 aromatic carbocycles. The molecular formula is C17H20N2O2. The second-order valence-corrected chi connectivity index (χ2v) is 5.17. The molecule has 0 fully saturated rings. The van der Waals surface area contributed by atoms with E-state index in [9.17, 15) is 0 Å². The van der Waals surface area contributed by atoms with Crippen molar-refractivity contribution in [1.82, 2.24) is 10.3 Å². The molecule has 1 aliphatic heterocycles. The topological polar surface area (TPSA) is 43.4 Å². The number of fused-ring (bicyclic) bond motifs is 1. The molecule has 0 amide bonds. The molecule has 3 rings (SSSR count). The summed E-state index contributed by atoms with van der Waals surface area (Å²) in [5, 5.41) is 3.49. The van der Waals surface area contributed by atoms with Crippen molar-refractivity contribution >= 4 is 0 Å². The predicted octanol–water partition coefficient (Wildman–Crippen LogP) is 3.09. The van der Waals surface area contributed by atoms with Crippen molar-refractivity contribution in [2.75, 3.05) is 13.2 Å². The van der Waals surface area contributed by atoms with Crippen molar-refractivity contribution < 1.29 is 9.47 Å². The standard InChI is InChI=1S/C17H20N2O2/c1-2-7-19-16-12-21-17-9-14(5-6-15(16)17)20-11-13-4-3-8-18-10-13/h3-6,8-10,16,19H,2,7,11-12H2,1H3. The fourth-order valence-electron chi connectivity index (χ4n) is 2.42. The van der Waals surface area contributed by atoms with Gasteiger partial charge in [-0.15, -0.1) is 0 Å². The minimum atomic E-state index is 0.298. The molecule has 1 aromatic heterocycles. The zero-order valence-electron chi connectivity index (χ0n) is 12.2. The number of hydrogen-bond acceptors (Lipinski definition) is 4. The number of nitrogens with zero attached hydrogens (tertiary/aromatic N) is 1. The van der Waals surface area contributed by atoms with Gasteiger partial charge in [0.05, 0.1) is 6.04 Å². The smallest absolute Gasteiger partial charge is 0.128 e. The number of rotatable bonds is 6. The number of ether oxygens (including phenoxy) is 2. The summed E-state index contributed by atoms with van der Waals surface area (Å²) in [5.41, 5.74) is 2.28. The van der Waals surface area contributed by atoms with E-state index in [1.165, 1.54) is 5.56 Å². The van der Waals surface area contributed by atoms with Crippen molar-refractivity contribution in [2.45, 2.75) is 26.0 Å². The lowest BCUT2D eigenvalue weighted by Crippen LogP contribution is -2.22. The summed E-state index contributed by atoms with van der Waals surface area (Å²) in [5.74, 6) is 1.75. The van der Waals surface area contributed by atoms with Crippen LogP contribution in [0.3, 0.4) is 0 Å². The van der Waals surface area contributed by atoms with Crippen LogP contribution in [-0.2, 0) is 6.61 Å². The molecule has 110 valence electrons. The van der Waals surface area contributed by atoms with Gasteiger partial charge in [-0.05, 0) is 31.2 Å². The molecule has 4 nitrogen and oxygen atoms in total. The molecule has 0 saturated carbocycles. The van der Waals surface area contributed by atoms with E-state index >= 15 is 0 Å². The molecule has 1 N–H and O–H groups in total. The fraction of sp³-hybridized carbons (Fsp3) is 0.353. The summed E-state index contributed by atoms with van der Waals surface area (Å²) in [6, 6.07) is 10.3. The molecule has 4 heteroatoms. The lowest BCUT2D eigenvalue weighted by Gasteiger charge is -2.11. The quantitative estimate of drug-likeness (QED) is 0.885.